The summed E-state index contributed by atoms with van der Waals surface area (Å²) >= 11 is 0. The summed E-state index contributed by atoms with van der Waals surface area (Å²) in [5.74, 6) is 0.00798. The molecule has 3 aliphatic rings. The van der Waals surface area contributed by atoms with Crippen molar-refractivity contribution in [2.45, 2.75) is 111 Å². The number of para-hydroxylation sites is 8. The smallest absolute Gasteiger partial charge is 0.252 e. The van der Waals surface area contributed by atoms with Gasteiger partial charge in [0.15, 0.2) is 0 Å². The minimum absolute atomic E-state index is 0.00798. The fourth-order valence-electron chi connectivity index (χ4n) is 19.5. The molecule has 113 heavy (non-hydrogen) atoms. The van der Waals surface area contributed by atoms with Gasteiger partial charge in [-0.05, 0) is 190 Å². The van der Waals surface area contributed by atoms with E-state index in [-0.39, 0.29) is 34.3 Å². The molecule has 18 aromatic rings. The van der Waals surface area contributed by atoms with E-state index >= 15 is 0 Å². The van der Waals surface area contributed by atoms with Crippen molar-refractivity contribution in [3.63, 3.8) is 0 Å². The number of hydrogen-bond acceptors (Lipinski definition) is 2. The molecule has 0 atom stereocenters. The lowest BCUT2D eigenvalue weighted by Gasteiger charge is -2.45. The molecule has 15 aromatic carbocycles. The van der Waals surface area contributed by atoms with Crippen LogP contribution < -0.4 is 26.2 Å². The topological polar surface area (TPSA) is 21.3 Å². The van der Waals surface area contributed by atoms with Crippen LogP contribution in [0.4, 0.5) is 34.1 Å². The van der Waals surface area contributed by atoms with E-state index in [0.717, 1.165) is 62.2 Å². The molecule has 0 saturated heterocycles. The Bertz CT molecular complexity index is 6850. The number of fused-ring (bicyclic) bond motifs is 16. The van der Waals surface area contributed by atoms with Crippen LogP contribution in [0.2, 0.25) is 0 Å². The van der Waals surface area contributed by atoms with E-state index in [9.17, 15) is 0 Å². The summed E-state index contributed by atoms with van der Waals surface area (Å²) < 4.78 is 7.74. The van der Waals surface area contributed by atoms with E-state index in [1.54, 1.807) is 0 Å². The Morgan fingerprint density at radius 3 is 1.00 bits per heavy atom. The molecule has 0 bridgehead atoms. The van der Waals surface area contributed by atoms with Crippen LogP contribution in [0.5, 0.6) is 0 Å². The summed E-state index contributed by atoms with van der Waals surface area (Å²) in [7, 11) is 0. The number of hydrogen-bond donors (Lipinski definition) is 0. The summed E-state index contributed by atoms with van der Waals surface area (Å²) in [5.41, 5.74) is 37.1. The average molecular weight is 1460 g/mol. The molecule has 546 valence electrons. The van der Waals surface area contributed by atoms with E-state index in [4.69, 9.17) is 0 Å². The van der Waals surface area contributed by atoms with E-state index < -0.39 is 0 Å². The van der Waals surface area contributed by atoms with Gasteiger partial charge in [-0.15, -0.1) is 0 Å². The SMILES string of the molecule is CC(C)(C)c1cc(-c2ccccc2N2c3ccc(-n4c5ccccc5c5cccc(C6c7ccccc7-c7ccccc76)c54)cc3B3c4cc(-n5c6ccccc6c6cccc(-n7c8ccccc8c8ccccc87)c65)ccc4N(c4ccccc4-c4cc(C(C)(C)C)cc(C(C)(C)C)c4)c4cccc2c43)cc(C(C)(C)C)c1. The van der Waals surface area contributed by atoms with Gasteiger partial charge in [-0.3, -0.25) is 0 Å². The normalized spacial score (nSPS) is 13.6. The molecule has 0 fully saturated rings. The minimum Gasteiger partial charge on any atom is -0.311 e. The van der Waals surface area contributed by atoms with Crippen LogP contribution in [0.25, 0.3) is 116 Å². The molecule has 6 heteroatoms. The van der Waals surface area contributed by atoms with Crippen LogP contribution in [-0.2, 0) is 21.7 Å². The lowest BCUT2D eigenvalue weighted by Crippen LogP contribution is -2.61. The van der Waals surface area contributed by atoms with Crippen molar-refractivity contribution < 1.29 is 0 Å². The number of benzene rings is 15. The van der Waals surface area contributed by atoms with Crippen molar-refractivity contribution in [1.29, 1.82) is 0 Å². The Hall–Kier alpha value is -12.6. The molecular weight excluding hydrogens is 1370 g/mol. The van der Waals surface area contributed by atoms with Crippen LogP contribution in [0, 0.1) is 0 Å². The van der Waals surface area contributed by atoms with Crippen molar-refractivity contribution >= 4 is 123 Å². The Labute approximate surface area is 663 Å². The molecule has 0 saturated carbocycles. The zero-order valence-electron chi connectivity index (χ0n) is 66.5. The Kier molecular flexibility index (Phi) is 15.1. The first-order chi connectivity index (χ1) is 54.6. The number of anilines is 6. The lowest BCUT2D eigenvalue weighted by molar-refractivity contribution is 0.568. The predicted molar refractivity (Wildman–Crippen MR) is 482 cm³/mol. The van der Waals surface area contributed by atoms with Gasteiger partial charge in [0.1, 0.15) is 0 Å². The van der Waals surface area contributed by atoms with E-state index in [1.165, 1.54) is 143 Å². The Morgan fingerprint density at radius 2 is 0.558 bits per heavy atom. The molecule has 0 N–H and O–H groups in total. The minimum atomic E-state index is -0.294. The highest BCUT2D eigenvalue weighted by atomic mass is 15.2. The van der Waals surface area contributed by atoms with E-state index in [2.05, 4.69) is 428 Å². The predicted octanol–water partition coefficient (Wildman–Crippen LogP) is 26.7. The van der Waals surface area contributed by atoms with Crippen molar-refractivity contribution in [3.8, 4) is 50.4 Å². The molecule has 2 aliphatic heterocycles. The maximum absolute atomic E-state index is 2.65. The molecule has 5 heterocycles. The lowest BCUT2D eigenvalue weighted by atomic mass is 9.33. The van der Waals surface area contributed by atoms with Gasteiger partial charge in [-0.1, -0.05) is 314 Å². The Balaban J connectivity index is 0.887. The van der Waals surface area contributed by atoms with Crippen molar-refractivity contribution in [3.05, 3.63) is 360 Å². The monoisotopic (exact) mass is 1460 g/mol. The third-order valence-corrected chi connectivity index (χ3v) is 25.1. The van der Waals surface area contributed by atoms with Gasteiger partial charge in [0.2, 0.25) is 0 Å². The summed E-state index contributed by atoms with van der Waals surface area (Å²) in [4.78, 5) is 5.30. The first-order valence-electron chi connectivity index (χ1n) is 40.4. The molecule has 0 unspecified atom stereocenters. The third-order valence-electron chi connectivity index (χ3n) is 25.1. The molecule has 0 radical (unpaired) electrons. The quantitative estimate of drug-likeness (QED) is 0.141. The summed E-state index contributed by atoms with van der Waals surface area (Å²) in [6.45, 7) is 28.0. The number of rotatable bonds is 8. The second-order valence-electron chi connectivity index (χ2n) is 36.0. The first kappa shape index (κ1) is 68.4. The van der Waals surface area contributed by atoms with E-state index in [1.807, 2.05) is 0 Å². The number of aromatic nitrogens is 3. The highest BCUT2D eigenvalue weighted by molar-refractivity contribution is 7.00. The Morgan fingerprint density at radius 1 is 0.239 bits per heavy atom. The van der Waals surface area contributed by atoms with Gasteiger partial charge in [0.25, 0.3) is 6.71 Å². The molecule has 21 rings (SSSR count). The molecule has 5 nitrogen and oxygen atoms in total. The summed E-state index contributed by atoms with van der Waals surface area (Å²) in [5, 5.41) is 7.35. The largest absolute Gasteiger partial charge is 0.311 e. The van der Waals surface area contributed by atoms with Crippen LogP contribution in [-0.4, -0.2) is 20.4 Å². The van der Waals surface area contributed by atoms with Crippen molar-refractivity contribution in [1.82, 2.24) is 13.7 Å². The number of nitrogens with zero attached hydrogens (tertiary/aromatic N) is 5. The van der Waals surface area contributed by atoms with Crippen molar-refractivity contribution in [2.75, 3.05) is 9.80 Å². The van der Waals surface area contributed by atoms with Crippen LogP contribution in [0.15, 0.2) is 322 Å². The summed E-state index contributed by atoms with van der Waals surface area (Å²) in [6, 6.07) is 124. The molecule has 3 aromatic heterocycles. The van der Waals surface area contributed by atoms with Crippen LogP contribution in [0.3, 0.4) is 0 Å². The highest BCUT2D eigenvalue weighted by Gasteiger charge is 2.45. The molecule has 0 spiro atoms. The van der Waals surface area contributed by atoms with Gasteiger partial charge in [-0.2, -0.15) is 0 Å². The first-order valence-corrected chi connectivity index (χ1v) is 40.4. The van der Waals surface area contributed by atoms with Gasteiger partial charge in [-0.25, -0.2) is 0 Å². The molecule has 0 amide bonds. The standard InChI is InChI=1S/C107H90BN5/c1-104(2,3)68-58-66(59-69(62-68)105(4,5)6)74-32-17-23-45-89(74)112-95-56-54-72(109-91-47-25-21-38-80(91)84-42-29-44-86(102(84)109)100-82-40-15-13-34-76(82)77-35-14-16-41-83(77)100)64-87(95)108-88-65-73(110-92-48-26-22-39-81(92)85-43-30-53-99(103(85)110)111-93-49-27-19-36-78(93)79-37-20-28-50-94(79)111)55-57-96(88)113(98-52-31-51-97(112)101(98)108)90-46-24-18-33-75(90)67-60-70(106(7,8)9)63-71(61-67)107(10,11)12/h13-65,100H,1-12H3. The maximum Gasteiger partial charge on any atom is 0.252 e. The second kappa shape index (κ2) is 24.9. The van der Waals surface area contributed by atoms with Gasteiger partial charge >= 0.3 is 0 Å². The van der Waals surface area contributed by atoms with Crippen LogP contribution >= 0.6 is 0 Å². The van der Waals surface area contributed by atoms with E-state index in [0.29, 0.717) is 0 Å². The third kappa shape index (κ3) is 10.5. The average Bonchev–Trinajstić information content (AvgIpc) is 0.821. The van der Waals surface area contributed by atoms with Gasteiger partial charge in [0, 0.05) is 83.5 Å². The molecular formula is C107H90BN5. The fourth-order valence-corrected chi connectivity index (χ4v) is 19.5. The fraction of sp³-hybridized carbons (Fsp3) is 0.159. The zero-order chi connectivity index (χ0) is 76.9. The molecule has 1 aliphatic carbocycles. The van der Waals surface area contributed by atoms with Gasteiger partial charge < -0.3 is 23.5 Å². The zero-order valence-corrected chi connectivity index (χ0v) is 66.5. The summed E-state index contributed by atoms with van der Waals surface area (Å²) in [6.07, 6.45) is 0. The highest BCUT2D eigenvalue weighted by Crippen LogP contribution is 2.54. The van der Waals surface area contributed by atoms with Crippen LogP contribution in [0.1, 0.15) is 128 Å². The van der Waals surface area contributed by atoms with Crippen molar-refractivity contribution in [2.24, 2.45) is 0 Å². The maximum atomic E-state index is 2.65. The second-order valence-corrected chi connectivity index (χ2v) is 36.0. The van der Waals surface area contributed by atoms with Gasteiger partial charge in [0.05, 0.1) is 50.2 Å².